The highest BCUT2D eigenvalue weighted by atomic mass is 32.1. The first-order chi connectivity index (χ1) is 19.0. The van der Waals surface area contributed by atoms with Gasteiger partial charge in [-0.05, 0) is 43.7 Å². The van der Waals surface area contributed by atoms with Crippen molar-refractivity contribution in [3.8, 4) is 5.75 Å². The Morgan fingerprint density at radius 2 is 1.72 bits per heavy atom. The lowest BCUT2D eigenvalue weighted by Gasteiger charge is -2.31. The minimum absolute atomic E-state index is 0.0236. The summed E-state index contributed by atoms with van der Waals surface area (Å²) < 4.78 is 11.2. The third kappa shape index (κ3) is 8.81. The zero-order valence-electron chi connectivity index (χ0n) is 22.8. The molecule has 0 radical (unpaired) electrons. The van der Waals surface area contributed by atoms with Crippen LogP contribution in [-0.4, -0.2) is 79.2 Å². The SMILES string of the molecule is CCOc1ccccc1NC(=O)N(CCN1CCOCC1)CC(=O)N(Cc1ccccc1)Cc1ccc(C)s1. The Kier molecular flexibility index (Phi) is 10.8. The number of carbonyl (C=O) groups is 2. The van der Waals surface area contributed by atoms with E-state index in [1.165, 1.54) is 4.88 Å². The smallest absolute Gasteiger partial charge is 0.322 e. The molecular formula is C30H38N4O4S. The maximum absolute atomic E-state index is 13.8. The van der Waals surface area contributed by atoms with Crippen molar-refractivity contribution in [2.45, 2.75) is 26.9 Å². The van der Waals surface area contributed by atoms with Crippen molar-refractivity contribution in [1.82, 2.24) is 14.7 Å². The monoisotopic (exact) mass is 550 g/mol. The number of aryl methyl sites for hydroxylation is 1. The van der Waals surface area contributed by atoms with Gasteiger partial charge in [0.15, 0.2) is 0 Å². The molecule has 0 bridgehead atoms. The number of thiophene rings is 1. The molecule has 1 aromatic heterocycles. The van der Waals surface area contributed by atoms with E-state index in [1.807, 2.05) is 66.4 Å². The molecule has 4 rings (SSSR count). The third-order valence-corrected chi connectivity index (χ3v) is 7.53. The van der Waals surface area contributed by atoms with Gasteiger partial charge in [-0.1, -0.05) is 42.5 Å². The van der Waals surface area contributed by atoms with Crippen molar-refractivity contribution >= 4 is 29.0 Å². The van der Waals surface area contributed by atoms with Gasteiger partial charge in [-0.2, -0.15) is 0 Å². The van der Waals surface area contributed by atoms with Gasteiger partial charge in [0.2, 0.25) is 5.91 Å². The lowest BCUT2D eigenvalue weighted by Crippen LogP contribution is -2.48. The van der Waals surface area contributed by atoms with E-state index in [9.17, 15) is 9.59 Å². The number of carbonyl (C=O) groups excluding carboxylic acids is 2. The minimum Gasteiger partial charge on any atom is -0.492 e. The molecule has 2 heterocycles. The van der Waals surface area contributed by atoms with E-state index in [0.717, 1.165) is 23.5 Å². The summed E-state index contributed by atoms with van der Waals surface area (Å²) in [6.07, 6.45) is 0. The number of ether oxygens (including phenoxy) is 2. The summed E-state index contributed by atoms with van der Waals surface area (Å²) in [4.78, 5) is 35.4. The number of hydrogen-bond donors (Lipinski definition) is 1. The largest absolute Gasteiger partial charge is 0.492 e. The summed E-state index contributed by atoms with van der Waals surface area (Å²) in [7, 11) is 0. The number of para-hydroxylation sites is 2. The van der Waals surface area contributed by atoms with E-state index in [-0.39, 0.29) is 18.5 Å². The number of benzene rings is 2. The molecule has 0 spiro atoms. The molecule has 39 heavy (non-hydrogen) atoms. The maximum atomic E-state index is 13.8. The number of nitrogens with one attached hydrogen (secondary N) is 1. The summed E-state index contributed by atoms with van der Waals surface area (Å²) in [6, 6.07) is 21.1. The fourth-order valence-electron chi connectivity index (χ4n) is 4.44. The lowest BCUT2D eigenvalue weighted by molar-refractivity contribution is -0.133. The van der Waals surface area contributed by atoms with Crippen LogP contribution in [0.1, 0.15) is 22.2 Å². The second kappa shape index (κ2) is 14.7. The van der Waals surface area contributed by atoms with Gasteiger partial charge < -0.3 is 24.6 Å². The van der Waals surface area contributed by atoms with E-state index in [0.29, 0.717) is 57.4 Å². The van der Waals surface area contributed by atoms with E-state index >= 15 is 0 Å². The van der Waals surface area contributed by atoms with Crippen molar-refractivity contribution in [3.05, 3.63) is 82.0 Å². The summed E-state index contributed by atoms with van der Waals surface area (Å²) in [5.74, 6) is 0.506. The van der Waals surface area contributed by atoms with E-state index < -0.39 is 0 Å². The zero-order valence-corrected chi connectivity index (χ0v) is 23.6. The molecule has 0 saturated carbocycles. The van der Waals surface area contributed by atoms with Gasteiger partial charge >= 0.3 is 6.03 Å². The first kappa shape index (κ1) is 28.6. The second-order valence-electron chi connectivity index (χ2n) is 9.48. The van der Waals surface area contributed by atoms with E-state index in [1.54, 1.807) is 16.2 Å². The van der Waals surface area contributed by atoms with Crippen LogP contribution in [0.25, 0.3) is 0 Å². The summed E-state index contributed by atoms with van der Waals surface area (Å²) >= 11 is 1.69. The van der Waals surface area contributed by atoms with Crippen molar-refractivity contribution in [2.24, 2.45) is 0 Å². The molecule has 1 N–H and O–H groups in total. The van der Waals surface area contributed by atoms with Gasteiger partial charge in [-0.3, -0.25) is 9.69 Å². The molecular weight excluding hydrogens is 512 g/mol. The van der Waals surface area contributed by atoms with Crippen molar-refractivity contribution < 1.29 is 19.1 Å². The van der Waals surface area contributed by atoms with Gasteiger partial charge in [-0.15, -0.1) is 11.3 Å². The van der Waals surface area contributed by atoms with E-state index in [2.05, 4.69) is 29.3 Å². The Labute approximate surface area is 235 Å². The molecule has 3 aromatic rings. The molecule has 0 aliphatic carbocycles. The number of anilines is 1. The predicted molar refractivity (Wildman–Crippen MR) is 155 cm³/mol. The fourth-order valence-corrected chi connectivity index (χ4v) is 5.35. The molecule has 1 aliphatic rings. The van der Waals surface area contributed by atoms with Gasteiger partial charge in [0.1, 0.15) is 12.3 Å². The molecule has 2 aromatic carbocycles. The van der Waals surface area contributed by atoms with Crippen LogP contribution in [0.4, 0.5) is 10.5 Å². The standard InChI is InChI=1S/C30H38N4O4S/c1-3-38-28-12-8-7-11-27(28)31-30(36)33(16-15-32-17-19-37-20-18-32)23-29(35)34(21-25-9-5-4-6-10-25)22-26-14-13-24(2)39-26/h4-14H,3,15-23H2,1-2H3,(H,31,36). The first-order valence-corrected chi connectivity index (χ1v) is 14.3. The summed E-state index contributed by atoms with van der Waals surface area (Å²) in [5, 5.41) is 2.98. The first-order valence-electron chi connectivity index (χ1n) is 13.5. The Morgan fingerprint density at radius 1 is 0.974 bits per heavy atom. The van der Waals surface area contributed by atoms with Crippen LogP contribution in [-0.2, 0) is 22.6 Å². The lowest BCUT2D eigenvalue weighted by atomic mass is 10.2. The van der Waals surface area contributed by atoms with Crippen LogP contribution in [0.2, 0.25) is 0 Å². The van der Waals surface area contributed by atoms with Gasteiger partial charge in [-0.25, -0.2) is 4.79 Å². The highest BCUT2D eigenvalue weighted by molar-refractivity contribution is 7.11. The van der Waals surface area contributed by atoms with Crippen molar-refractivity contribution in [2.75, 3.05) is 57.9 Å². The fraction of sp³-hybridized carbons (Fsp3) is 0.400. The van der Waals surface area contributed by atoms with Crippen molar-refractivity contribution in [1.29, 1.82) is 0 Å². The highest BCUT2D eigenvalue weighted by Crippen LogP contribution is 2.24. The number of hydrogen-bond acceptors (Lipinski definition) is 6. The maximum Gasteiger partial charge on any atom is 0.322 e. The van der Waals surface area contributed by atoms with Gasteiger partial charge in [0, 0.05) is 42.5 Å². The molecule has 3 amide bonds. The molecule has 0 atom stereocenters. The van der Waals surface area contributed by atoms with Crippen LogP contribution in [0.15, 0.2) is 66.7 Å². The summed E-state index contributed by atoms with van der Waals surface area (Å²) in [6.45, 7) is 9.48. The number of amides is 3. The Bertz CT molecular complexity index is 1200. The topological polar surface area (TPSA) is 74.4 Å². The summed E-state index contributed by atoms with van der Waals surface area (Å²) in [5.41, 5.74) is 1.64. The molecule has 208 valence electrons. The highest BCUT2D eigenvalue weighted by Gasteiger charge is 2.24. The molecule has 9 heteroatoms. The average Bonchev–Trinajstić information content (AvgIpc) is 3.37. The van der Waals surface area contributed by atoms with E-state index in [4.69, 9.17) is 9.47 Å². The van der Waals surface area contributed by atoms with Crippen LogP contribution < -0.4 is 10.1 Å². The van der Waals surface area contributed by atoms with Crippen LogP contribution >= 0.6 is 11.3 Å². The van der Waals surface area contributed by atoms with Gasteiger partial charge in [0.25, 0.3) is 0 Å². The molecule has 1 saturated heterocycles. The Balaban J connectivity index is 1.51. The van der Waals surface area contributed by atoms with Crippen LogP contribution in [0.3, 0.4) is 0 Å². The third-order valence-electron chi connectivity index (χ3n) is 6.54. The van der Waals surface area contributed by atoms with Crippen molar-refractivity contribution in [3.63, 3.8) is 0 Å². The zero-order chi connectivity index (χ0) is 27.5. The second-order valence-corrected chi connectivity index (χ2v) is 10.9. The number of nitrogens with zero attached hydrogens (tertiary/aromatic N) is 3. The van der Waals surface area contributed by atoms with Crippen LogP contribution in [0, 0.1) is 6.92 Å². The predicted octanol–water partition coefficient (Wildman–Crippen LogP) is 4.85. The number of rotatable bonds is 12. The molecule has 1 fully saturated rings. The minimum atomic E-state index is -0.324. The average molecular weight is 551 g/mol. The quantitative estimate of drug-likeness (QED) is 0.349. The number of urea groups is 1. The Hall–Kier alpha value is -3.40. The normalized spacial score (nSPS) is 13.6. The molecule has 1 aliphatic heterocycles. The Morgan fingerprint density at radius 3 is 2.44 bits per heavy atom. The molecule has 0 unspecified atom stereocenters. The van der Waals surface area contributed by atoms with Crippen LogP contribution in [0.5, 0.6) is 5.75 Å². The number of morpholine rings is 1. The molecule has 8 nitrogen and oxygen atoms in total. The van der Waals surface area contributed by atoms with Gasteiger partial charge in [0.05, 0.1) is 32.1 Å².